The maximum Gasteiger partial charge on any atom is 0.407 e. The van der Waals surface area contributed by atoms with Crippen LogP contribution in [0.3, 0.4) is 0 Å². The maximum atomic E-state index is 11.3. The molecule has 5 heteroatoms. The van der Waals surface area contributed by atoms with Crippen molar-refractivity contribution in [1.29, 1.82) is 0 Å². The smallest absolute Gasteiger partial charge is 0.407 e. The molecule has 0 heterocycles. The fraction of sp³-hybridized carbons (Fsp3) is 0.684. The van der Waals surface area contributed by atoms with Crippen LogP contribution in [0.1, 0.15) is 61.8 Å². The Balaban J connectivity index is -0.000000462. The van der Waals surface area contributed by atoms with Gasteiger partial charge in [0.05, 0.1) is 0 Å². The highest BCUT2D eigenvalue weighted by Crippen LogP contribution is 2.06. The van der Waals surface area contributed by atoms with E-state index < -0.39 is 11.7 Å². The van der Waals surface area contributed by atoms with E-state index >= 15 is 0 Å². The number of allylic oxidation sites excluding steroid dienone is 4. The summed E-state index contributed by atoms with van der Waals surface area (Å²) in [6.45, 7) is 16.7. The molecular weight excluding hydrogens is 304 g/mol. The van der Waals surface area contributed by atoms with E-state index in [2.05, 4.69) is 10.6 Å². The van der Waals surface area contributed by atoms with Gasteiger partial charge in [0, 0.05) is 13.1 Å². The average Bonchev–Trinajstić information content (AvgIpc) is 2.52. The van der Waals surface area contributed by atoms with E-state index in [1.807, 2.05) is 79.7 Å². The van der Waals surface area contributed by atoms with Crippen molar-refractivity contribution in [3.05, 3.63) is 24.3 Å². The van der Waals surface area contributed by atoms with Crippen molar-refractivity contribution < 1.29 is 14.3 Å². The molecular formula is C19H38N2O3. The summed E-state index contributed by atoms with van der Waals surface area (Å²) in [5, 5.41) is 5.27. The molecule has 0 saturated heterocycles. The van der Waals surface area contributed by atoms with Gasteiger partial charge in [0.1, 0.15) is 5.60 Å². The molecule has 5 nitrogen and oxygen atoms in total. The fourth-order valence-electron chi connectivity index (χ4n) is 1.28. The van der Waals surface area contributed by atoms with Gasteiger partial charge in [0.15, 0.2) is 0 Å². The number of carbonyl (C=O) groups is 2. The van der Waals surface area contributed by atoms with Crippen LogP contribution in [0, 0.1) is 5.92 Å². The van der Waals surface area contributed by atoms with Crippen molar-refractivity contribution in [2.45, 2.75) is 67.4 Å². The Hall–Kier alpha value is -1.78. The molecule has 2 amide bonds. The molecule has 0 aliphatic rings. The Bertz CT molecular complexity index is 335. The molecule has 1 atom stereocenters. The highest BCUT2D eigenvalue weighted by Gasteiger charge is 2.16. The molecule has 142 valence electrons. The normalized spacial score (nSPS) is 11.7. The zero-order chi connectivity index (χ0) is 19.4. The summed E-state index contributed by atoms with van der Waals surface area (Å²) in [4.78, 5) is 21.3. The standard InChI is InChI=1S/C11H22N2O3.C6H10.C2H6/c1-9(5-6-12-8-14)7-13-10(15)16-11(2,3)4;1-3-5-6-4-2;1-2/h8-9H,5-7H2,1-4H3,(H,12,14)(H,13,15);3-6H,1-2H3;1-2H3/b;5-3-,6-4-;. The first-order valence-electron chi connectivity index (χ1n) is 8.64. The van der Waals surface area contributed by atoms with Gasteiger partial charge in [-0.25, -0.2) is 4.79 Å². The molecule has 0 saturated carbocycles. The predicted molar refractivity (Wildman–Crippen MR) is 103 cm³/mol. The zero-order valence-electron chi connectivity index (χ0n) is 16.8. The van der Waals surface area contributed by atoms with E-state index in [1.54, 1.807) is 0 Å². The number of carbonyl (C=O) groups excluding carboxylic acids is 2. The number of hydrogen-bond acceptors (Lipinski definition) is 3. The third-order valence-electron chi connectivity index (χ3n) is 2.35. The van der Waals surface area contributed by atoms with Crippen LogP contribution in [0.25, 0.3) is 0 Å². The second-order valence-electron chi connectivity index (χ2n) is 5.90. The molecule has 0 rings (SSSR count). The van der Waals surface area contributed by atoms with Crippen molar-refractivity contribution in [1.82, 2.24) is 10.6 Å². The van der Waals surface area contributed by atoms with Crippen molar-refractivity contribution in [2.75, 3.05) is 13.1 Å². The molecule has 0 aliphatic carbocycles. The van der Waals surface area contributed by atoms with E-state index in [0.29, 0.717) is 25.4 Å². The summed E-state index contributed by atoms with van der Waals surface area (Å²) < 4.78 is 5.09. The van der Waals surface area contributed by atoms with Gasteiger partial charge >= 0.3 is 6.09 Å². The average molecular weight is 343 g/mol. The van der Waals surface area contributed by atoms with Crippen LogP contribution in [-0.4, -0.2) is 31.2 Å². The van der Waals surface area contributed by atoms with Crippen molar-refractivity contribution in [3.63, 3.8) is 0 Å². The molecule has 0 radical (unpaired) electrons. The van der Waals surface area contributed by atoms with E-state index in [9.17, 15) is 9.59 Å². The summed E-state index contributed by atoms with van der Waals surface area (Å²) in [6.07, 6.45) is 9.10. The minimum absolute atomic E-state index is 0.306. The minimum atomic E-state index is -0.466. The topological polar surface area (TPSA) is 67.4 Å². The van der Waals surface area contributed by atoms with Crippen molar-refractivity contribution in [2.24, 2.45) is 5.92 Å². The number of rotatable bonds is 7. The number of hydrogen-bond donors (Lipinski definition) is 2. The lowest BCUT2D eigenvalue weighted by molar-refractivity contribution is -0.109. The van der Waals surface area contributed by atoms with E-state index in [0.717, 1.165) is 6.42 Å². The van der Waals surface area contributed by atoms with E-state index in [-0.39, 0.29) is 0 Å². The molecule has 0 aromatic heterocycles. The largest absolute Gasteiger partial charge is 0.444 e. The summed E-state index contributed by atoms with van der Waals surface area (Å²) >= 11 is 0. The summed E-state index contributed by atoms with van der Waals surface area (Å²) in [6, 6.07) is 0. The second kappa shape index (κ2) is 19.3. The van der Waals surface area contributed by atoms with Gasteiger partial charge in [-0.05, 0) is 47.0 Å². The van der Waals surface area contributed by atoms with E-state index in [1.165, 1.54) is 0 Å². The summed E-state index contributed by atoms with van der Waals surface area (Å²) in [7, 11) is 0. The highest BCUT2D eigenvalue weighted by molar-refractivity contribution is 5.67. The third-order valence-corrected chi connectivity index (χ3v) is 2.35. The Morgan fingerprint density at radius 3 is 2.00 bits per heavy atom. The number of alkyl carbamates (subject to hydrolysis) is 1. The Kier molecular flexibility index (Phi) is 21.7. The van der Waals surface area contributed by atoms with Crippen LogP contribution >= 0.6 is 0 Å². The third kappa shape index (κ3) is 28.4. The molecule has 24 heavy (non-hydrogen) atoms. The molecule has 0 aliphatic heterocycles. The summed E-state index contributed by atoms with van der Waals surface area (Å²) in [5.41, 5.74) is -0.466. The Morgan fingerprint density at radius 1 is 1.12 bits per heavy atom. The molecule has 0 aromatic carbocycles. The lowest BCUT2D eigenvalue weighted by Gasteiger charge is -2.20. The first-order valence-corrected chi connectivity index (χ1v) is 8.64. The molecule has 0 bridgehead atoms. The van der Waals surface area contributed by atoms with Gasteiger partial charge in [0.25, 0.3) is 0 Å². The summed E-state index contributed by atoms with van der Waals surface area (Å²) in [5.74, 6) is 0.306. The SMILES string of the molecule is C/C=C\C=C/C.CC.CC(CCNC=O)CNC(=O)OC(C)(C)C. The quantitative estimate of drug-likeness (QED) is 0.408. The van der Waals surface area contributed by atoms with Gasteiger partial charge in [-0.3, -0.25) is 4.79 Å². The fourth-order valence-corrected chi connectivity index (χ4v) is 1.28. The second-order valence-corrected chi connectivity index (χ2v) is 5.90. The Morgan fingerprint density at radius 2 is 1.62 bits per heavy atom. The number of nitrogens with one attached hydrogen (secondary N) is 2. The van der Waals surface area contributed by atoms with Gasteiger partial charge in [-0.1, -0.05) is 45.1 Å². The predicted octanol–water partition coefficient (Wildman–Crippen LogP) is 4.45. The van der Waals surface area contributed by atoms with Gasteiger partial charge in [-0.2, -0.15) is 0 Å². The lowest BCUT2D eigenvalue weighted by atomic mass is 10.1. The maximum absolute atomic E-state index is 11.3. The van der Waals surface area contributed by atoms with Crippen LogP contribution in [0.2, 0.25) is 0 Å². The van der Waals surface area contributed by atoms with Crippen LogP contribution in [-0.2, 0) is 9.53 Å². The van der Waals surface area contributed by atoms with Gasteiger partial charge in [0.2, 0.25) is 6.41 Å². The number of amides is 2. The van der Waals surface area contributed by atoms with Crippen LogP contribution in [0.4, 0.5) is 4.79 Å². The van der Waals surface area contributed by atoms with Crippen molar-refractivity contribution >= 4 is 12.5 Å². The van der Waals surface area contributed by atoms with Gasteiger partial charge < -0.3 is 15.4 Å². The van der Waals surface area contributed by atoms with E-state index in [4.69, 9.17) is 4.74 Å². The van der Waals surface area contributed by atoms with Gasteiger partial charge in [-0.15, -0.1) is 0 Å². The molecule has 2 N–H and O–H groups in total. The molecule has 0 spiro atoms. The lowest BCUT2D eigenvalue weighted by Crippen LogP contribution is -2.35. The first kappa shape index (κ1) is 27.1. The first-order chi connectivity index (χ1) is 11.3. The monoisotopic (exact) mass is 342 g/mol. The molecule has 1 unspecified atom stereocenters. The molecule has 0 fully saturated rings. The minimum Gasteiger partial charge on any atom is -0.444 e. The number of ether oxygens (including phenoxy) is 1. The van der Waals surface area contributed by atoms with Crippen LogP contribution in [0.15, 0.2) is 24.3 Å². The Labute approximate surface area is 148 Å². The van der Waals surface area contributed by atoms with Crippen LogP contribution in [0.5, 0.6) is 0 Å². The van der Waals surface area contributed by atoms with Crippen molar-refractivity contribution in [3.8, 4) is 0 Å². The molecule has 0 aromatic rings. The highest BCUT2D eigenvalue weighted by atomic mass is 16.6. The zero-order valence-corrected chi connectivity index (χ0v) is 16.8. The van der Waals surface area contributed by atoms with Crippen LogP contribution < -0.4 is 10.6 Å².